The minimum atomic E-state index is -4.63. The second kappa shape index (κ2) is 9.11. The smallest absolute Gasteiger partial charge is 0.433 e. The van der Waals surface area contributed by atoms with Crippen molar-refractivity contribution in [2.24, 2.45) is 10.7 Å². The number of pyridine rings is 1. The number of hydrogen-bond donors (Lipinski definition) is 2. The summed E-state index contributed by atoms with van der Waals surface area (Å²) < 4.78 is 56.3. The van der Waals surface area contributed by atoms with Crippen molar-refractivity contribution >= 4 is 22.7 Å². The standard InChI is InChI=1S/C24H20F3N5O4/c1-34-16-8-6-13(12-7-9-18(24(25,26)27)31-20(12)16)23-32-21(17(10-28)36-23)22(33)29-11-19-30-14-4-2-3-5-15(14)35-19/h2-9,14-15H,10-11,28H2,1H3,(H,29,33). The van der Waals surface area contributed by atoms with Gasteiger partial charge in [0.25, 0.3) is 5.91 Å². The van der Waals surface area contributed by atoms with Gasteiger partial charge in [-0.2, -0.15) is 13.2 Å². The fraction of sp³-hybridized carbons (Fsp3) is 0.250. The third-order valence-corrected chi connectivity index (χ3v) is 5.68. The summed E-state index contributed by atoms with van der Waals surface area (Å²) in [4.78, 5) is 25.3. The summed E-state index contributed by atoms with van der Waals surface area (Å²) in [5.41, 5.74) is 4.96. The average molecular weight is 499 g/mol. The third kappa shape index (κ3) is 4.31. The maximum atomic E-state index is 13.2. The van der Waals surface area contributed by atoms with Crippen LogP contribution >= 0.6 is 0 Å². The summed E-state index contributed by atoms with van der Waals surface area (Å²) in [6, 6.07) is 5.00. The lowest BCUT2D eigenvalue weighted by Crippen LogP contribution is -2.31. The first-order valence-electron chi connectivity index (χ1n) is 10.9. The Balaban J connectivity index is 1.43. The van der Waals surface area contributed by atoms with Gasteiger partial charge in [-0.3, -0.25) is 4.79 Å². The molecule has 2 unspecified atom stereocenters. The number of rotatable bonds is 6. The molecule has 0 bridgehead atoms. The van der Waals surface area contributed by atoms with Gasteiger partial charge in [-0.05, 0) is 30.3 Å². The third-order valence-electron chi connectivity index (χ3n) is 5.68. The second-order valence-corrected chi connectivity index (χ2v) is 7.95. The molecule has 2 atom stereocenters. The van der Waals surface area contributed by atoms with Crippen LogP contribution in [-0.4, -0.2) is 47.6 Å². The molecule has 2 aromatic heterocycles. The van der Waals surface area contributed by atoms with Crippen molar-refractivity contribution < 1.29 is 31.9 Å². The Labute approximate surface area is 202 Å². The van der Waals surface area contributed by atoms with Gasteiger partial charge in [0.05, 0.1) is 20.2 Å². The largest absolute Gasteiger partial charge is 0.494 e. The van der Waals surface area contributed by atoms with Gasteiger partial charge in [-0.1, -0.05) is 18.2 Å². The average Bonchev–Trinajstić information content (AvgIpc) is 3.49. The van der Waals surface area contributed by atoms with Gasteiger partial charge < -0.3 is 24.9 Å². The SMILES string of the molecule is COc1ccc(-c2nc(C(=O)NCC3=NC4C=CC=CC4O3)c(CN)o2)c2ccc(C(F)(F)F)nc12. The van der Waals surface area contributed by atoms with Crippen LogP contribution in [0.25, 0.3) is 22.4 Å². The summed E-state index contributed by atoms with van der Waals surface area (Å²) in [5.74, 6) is 0.0741. The van der Waals surface area contributed by atoms with Gasteiger partial charge in [-0.15, -0.1) is 0 Å². The predicted octanol–water partition coefficient (Wildman–Crippen LogP) is 3.40. The van der Waals surface area contributed by atoms with Crippen molar-refractivity contribution in [2.75, 3.05) is 13.7 Å². The van der Waals surface area contributed by atoms with Crippen molar-refractivity contribution in [2.45, 2.75) is 24.9 Å². The Morgan fingerprint density at radius 2 is 1.97 bits per heavy atom. The molecule has 0 radical (unpaired) electrons. The Bertz CT molecular complexity index is 1430. The molecular formula is C24H20F3N5O4. The Hall–Kier alpha value is -4.19. The molecule has 186 valence electrons. The molecule has 3 N–H and O–H groups in total. The van der Waals surface area contributed by atoms with E-state index in [4.69, 9.17) is 19.6 Å². The number of benzene rings is 1. The summed E-state index contributed by atoms with van der Waals surface area (Å²) in [6.45, 7) is -0.0905. The number of aliphatic imine (C=N–C) groups is 1. The van der Waals surface area contributed by atoms with E-state index in [-0.39, 0.29) is 53.8 Å². The Morgan fingerprint density at radius 1 is 1.17 bits per heavy atom. The minimum Gasteiger partial charge on any atom is -0.494 e. The monoisotopic (exact) mass is 499 g/mol. The van der Waals surface area contributed by atoms with Crippen LogP contribution in [-0.2, 0) is 17.5 Å². The molecule has 0 saturated carbocycles. The van der Waals surface area contributed by atoms with Crippen LogP contribution in [0.1, 0.15) is 21.9 Å². The van der Waals surface area contributed by atoms with Crippen LogP contribution in [0.3, 0.4) is 0 Å². The number of hydrogen-bond acceptors (Lipinski definition) is 8. The maximum absolute atomic E-state index is 13.2. The van der Waals surface area contributed by atoms with E-state index in [9.17, 15) is 18.0 Å². The molecule has 1 aromatic carbocycles. The quantitative estimate of drug-likeness (QED) is 0.533. The highest BCUT2D eigenvalue weighted by Crippen LogP contribution is 2.37. The number of halogens is 3. The van der Waals surface area contributed by atoms with Crippen molar-refractivity contribution in [3.63, 3.8) is 0 Å². The molecule has 1 aliphatic heterocycles. The van der Waals surface area contributed by atoms with Crippen molar-refractivity contribution in [1.29, 1.82) is 0 Å². The van der Waals surface area contributed by atoms with E-state index in [1.54, 1.807) is 6.07 Å². The lowest BCUT2D eigenvalue weighted by atomic mass is 10.1. The molecular weight excluding hydrogens is 479 g/mol. The number of alkyl halides is 3. The zero-order valence-electron chi connectivity index (χ0n) is 18.9. The van der Waals surface area contributed by atoms with Gasteiger partial charge in [0.15, 0.2) is 11.5 Å². The molecule has 0 saturated heterocycles. The van der Waals surface area contributed by atoms with E-state index >= 15 is 0 Å². The molecule has 1 aliphatic carbocycles. The molecule has 3 heterocycles. The molecule has 9 nitrogen and oxygen atoms in total. The van der Waals surface area contributed by atoms with Crippen molar-refractivity contribution in [3.8, 4) is 17.2 Å². The number of methoxy groups -OCH3 is 1. The molecule has 2 aliphatic rings. The highest BCUT2D eigenvalue weighted by Gasteiger charge is 2.33. The Kier molecular flexibility index (Phi) is 5.96. The van der Waals surface area contributed by atoms with E-state index < -0.39 is 17.8 Å². The van der Waals surface area contributed by atoms with E-state index in [2.05, 4.69) is 20.3 Å². The maximum Gasteiger partial charge on any atom is 0.433 e. The second-order valence-electron chi connectivity index (χ2n) is 7.95. The van der Waals surface area contributed by atoms with Gasteiger partial charge >= 0.3 is 6.18 Å². The number of nitrogens with one attached hydrogen (secondary N) is 1. The highest BCUT2D eigenvalue weighted by atomic mass is 19.4. The van der Waals surface area contributed by atoms with Crippen LogP contribution in [0.4, 0.5) is 13.2 Å². The first-order chi connectivity index (χ1) is 17.3. The van der Waals surface area contributed by atoms with Gasteiger partial charge in [0.2, 0.25) is 11.8 Å². The normalized spacial score (nSPS) is 18.6. The van der Waals surface area contributed by atoms with Gasteiger partial charge in [0.1, 0.15) is 29.1 Å². The number of nitrogens with two attached hydrogens (primary N) is 1. The molecule has 3 aromatic rings. The molecule has 0 spiro atoms. The molecule has 12 heteroatoms. The number of carbonyl (C=O) groups excluding carboxylic acids is 1. The number of nitrogens with zero attached hydrogens (tertiary/aromatic N) is 3. The van der Waals surface area contributed by atoms with Crippen molar-refractivity contribution in [1.82, 2.24) is 15.3 Å². The fourth-order valence-corrected chi connectivity index (χ4v) is 3.97. The number of carbonyl (C=O) groups is 1. The lowest BCUT2D eigenvalue weighted by Gasteiger charge is -2.12. The topological polar surface area (TPSA) is 125 Å². The molecule has 1 amide bonds. The van der Waals surface area contributed by atoms with Crippen molar-refractivity contribution in [3.05, 3.63) is 65.7 Å². The highest BCUT2D eigenvalue weighted by molar-refractivity contribution is 5.99. The van der Waals surface area contributed by atoms with E-state index in [1.807, 2.05) is 24.3 Å². The Morgan fingerprint density at radius 3 is 2.69 bits per heavy atom. The number of fused-ring (bicyclic) bond motifs is 2. The number of aromatic nitrogens is 2. The number of amides is 1. The van der Waals surface area contributed by atoms with E-state index in [0.29, 0.717) is 16.8 Å². The first-order valence-corrected chi connectivity index (χ1v) is 10.9. The first kappa shape index (κ1) is 23.5. The molecule has 5 rings (SSSR count). The zero-order chi connectivity index (χ0) is 25.4. The van der Waals surface area contributed by atoms with Crippen LogP contribution in [0.15, 0.2) is 58.0 Å². The van der Waals surface area contributed by atoms with Gasteiger partial charge in [0, 0.05) is 10.9 Å². The molecule has 36 heavy (non-hydrogen) atoms. The van der Waals surface area contributed by atoms with Crippen LogP contribution in [0.2, 0.25) is 0 Å². The summed E-state index contributed by atoms with van der Waals surface area (Å²) in [5, 5.41) is 2.99. The zero-order valence-corrected chi connectivity index (χ0v) is 18.9. The van der Waals surface area contributed by atoms with Gasteiger partial charge in [-0.25, -0.2) is 15.0 Å². The van der Waals surface area contributed by atoms with Crippen LogP contribution in [0, 0.1) is 0 Å². The van der Waals surface area contributed by atoms with Crippen LogP contribution < -0.4 is 15.8 Å². The van der Waals surface area contributed by atoms with E-state index in [1.165, 1.54) is 19.2 Å². The minimum absolute atomic E-state index is 0.00515. The number of allylic oxidation sites excluding steroid dienone is 2. The summed E-state index contributed by atoms with van der Waals surface area (Å²) >= 11 is 0. The summed E-state index contributed by atoms with van der Waals surface area (Å²) in [6.07, 6.45) is 2.70. The number of ether oxygens (including phenoxy) is 2. The fourth-order valence-electron chi connectivity index (χ4n) is 3.97. The molecule has 0 fully saturated rings. The van der Waals surface area contributed by atoms with Crippen LogP contribution in [0.5, 0.6) is 5.75 Å². The summed E-state index contributed by atoms with van der Waals surface area (Å²) in [7, 11) is 1.33. The number of oxazole rings is 1. The van der Waals surface area contributed by atoms with E-state index in [0.717, 1.165) is 6.07 Å². The lowest BCUT2D eigenvalue weighted by molar-refractivity contribution is -0.140. The predicted molar refractivity (Wildman–Crippen MR) is 123 cm³/mol.